The molecule has 0 aromatic heterocycles. The highest BCUT2D eigenvalue weighted by Crippen LogP contribution is 1.84. The Morgan fingerprint density at radius 2 is 1.16 bits per heavy atom. The lowest BCUT2D eigenvalue weighted by Crippen LogP contribution is -2.38. The Balaban J connectivity index is 3.20. The zero-order valence-corrected chi connectivity index (χ0v) is 11.9. The van der Waals surface area contributed by atoms with Crippen LogP contribution in [0.1, 0.15) is 0 Å². The molecular weight excluding hydrogens is 246 g/mol. The van der Waals surface area contributed by atoms with Gasteiger partial charge in [0.1, 0.15) is 0 Å². The van der Waals surface area contributed by atoms with Gasteiger partial charge in [-0.25, -0.2) is 0 Å². The molecule has 0 heterocycles. The van der Waals surface area contributed by atoms with E-state index in [4.69, 9.17) is 15.9 Å². The van der Waals surface area contributed by atoms with E-state index in [1.807, 2.05) is 4.90 Å². The monoisotopic (exact) mass is 277 g/mol. The van der Waals surface area contributed by atoms with Crippen molar-refractivity contribution in [2.24, 2.45) is 5.73 Å². The van der Waals surface area contributed by atoms with Crippen LogP contribution in [0.2, 0.25) is 0 Å². The van der Waals surface area contributed by atoms with Gasteiger partial charge in [-0.05, 0) is 0 Å². The van der Waals surface area contributed by atoms with Crippen LogP contribution in [0.15, 0.2) is 0 Å². The molecule has 7 nitrogen and oxygen atoms in total. The van der Waals surface area contributed by atoms with Gasteiger partial charge >= 0.3 is 0 Å². The summed E-state index contributed by atoms with van der Waals surface area (Å²) in [5.41, 5.74) is 5.36. The van der Waals surface area contributed by atoms with Gasteiger partial charge in [0.2, 0.25) is 0 Å². The van der Waals surface area contributed by atoms with Crippen molar-refractivity contribution in [2.75, 3.05) is 78.7 Å². The molecule has 0 unspecified atom stereocenters. The molecular formula is C12H31N5O2. The molecule has 0 bridgehead atoms. The lowest BCUT2D eigenvalue weighted by Gasteiger charge is -2.20. The molecule has 0 aromatic carbocycles. The highest BCUT2D eigenvalue weighted by Gasteiger charge is 2.01. The Morgan fingerprint density at radius 1 is 0.684 bits per heavy atom. The average molecular weight is 277 g/mol. The lowest BCUT2D eigenvalue weighted by molar-refractivity contribution is 0.161. The van der Waals surface area contributed by atoms with Crippen molar-refractivity contribution in [1.82, 2.24) is 20.9 Å². The molecule has 0 aliphatic heterocycles. The summed E-state index contributed by atoms with van der Waals surface area (Å²) in [4.78, 5) is 2.04. The first-order chi connectivity index (χ1) is 9.35. The number of nitrogens with zero attached hydrogens (tertiary/aromatic N) is 1. The molecule has 7 heteroatoms. The van der Waals surface area contributed by atoms with Crippen LogP contribution in [0.5, 0.6) is 0 Å². The molecule has 0 aromatic rings. The van der Waals surface area contributed by atoms with E-state index in [1.165, 1.54) is 0 Å². The molecule has 0 spiro atoms. The van der Waals surface area contributed by atoms with Gasteiger partial charge in [-0.3, -0.25) is 4.90 Å². The smallest absolute Gasteiger partial charge is 0.0558 e. The van der Waals surface area contributed by atoms with Crippen molar-refractivity contribution in [1.29, 1.82) is 0 Å². The first-order valence-electron chi connectivity index (χ1n) is 7.11. The van der Waals surface area contributed by atoms with Crippen LogP contribution < -0.4 is 21.7 Å². The van der Waals surface area contributed by atoms with Crippen molar-refractivity contribution in [2.45, 2.75) is 0 Å². The summed E-state index contributed by atoms with van der Waals surface area (Å²) < 4.78 is 0. The molecule has 0 fully saturated rings. The molecule has 0 atom stereocenters. The number of rotatable bonds is 15. The fourth-order valence-corrected chi connectivity index (χ4v) is 1.69. The second-order valence-electron chi connectivity index (χ2n) is 4.33. The molecule has 0 saturated heterocycles. The van der Waals surface area contributed by atoms with Crippen LogP contribution in [0.4, 0.5) is 0 Å². The SMILES string of the molecule is NCCNCCNCCNCCN(CCO)CCO. The minimum atomic E-state index is 0.136. The third-order valence-electron chi connectivity index (χ3n) is 2.72. The molecule has 0 amide bonds. The first-order valence-corrected chi connectivity index (χ1v) is 7.11. The molecule has 0 radical (unpaired) electrons. The summed E-state index contributed by atoms with van der Waals surface area (Å²) in [6.45, 7) is 8.51. The summed E-state index contributed by atoms with van der Waals surface area (Å²) >= 11 is 0. The summed E-state index contributed by atoms with van der Waals surface area (Å²) in [6.07, 6.45) is 0. The molecule has 7 N–H and O–H groups in total. The average Bonchev–Trinajstić information content (AvgIpc) is 2.41. The van der Waals surface area contributed by atoms with Crippen molar-refractivity contribution in [3.05, 3.63) is 0 Å². The fourth-order valence-electron chi connectivity index (χ4n) is 1.69. The highest BCUT2D eigenvalue weighted by atomic mass is 16.3. The first kappa shape index (κ1) is 18.7. The van der Waals surface area contributed by atoms with Gasteiger partial charge in [0.05, 0.1) is 13.2 Å². The topological polar surface area (TPSA) is 106 Å². The normalized spacial score (nSPS) is 11.4. The Bertz CT molecular complexity index is 168. The summed E-state index contributed by atoms with van der Waals surface area (Å²) in [7, 11) is 0. The maximum Gasteiger partial charge on any atom is 0.0558 e. The second kappa shape index (κ2) is 15.8. The predicted molar refractivity (Wildman–Crippen MR) is 78.3 cm³/mol. The van der Waals surface area contributed by atoms with Gasteiger partial charge in [0.25, 0.3) is 0 Å². The van der Waals surface area contributed by atoms with E-state index < -0.39 is 0 Å². The number of aliphatic hydroxyl groups excluding tert-OH is 2. The Hall–Kier alpha value is -0.280. The minimum absolute atomic E-state index is 0.136. The molecule has 19 heavy (non-hydrogen) atoms. The standard InChI is InChI=1S/C12H31N5O2/c13-1-2-14-3-4-15-5-6-16-7-8-17(9-11-18)10-12-19/h14-16,18-19H,1-13H2. The number of hydrogen-bond acceptors (Lipinski definition) is 7. The maximum absolute atomic E-state index is 8.86. The largest absolute Gasteiger partial charge is 0.395 e. The van der Waals surface area contributed by atoms with Gasteiger partial charge in [-0.2, -0.15) is 0 Å². The van der Waals surface area contributed by atoms with Crippen LogP contribution in [0.25, 0.3) is 0 Å². The van der Waals surface area contributed by atoms with Crippen molar-refractivity contribution in [3.63, 3.8) is 0 Å². The number of aliphatic hydroxyl groups is 2. The number of hydrogen-bond donors (Lipinski definition) is 6. The number of nitrogens with two attached hydrogens (primary N) is 1. The maximum atomic E-state index is 8.86. The van der Waals surface area contributed by atoms with Crippen LogP contribution >= 0.6 is 0 Å². The second-order valence-corrected chi connectivity index (χ2v) is 4.33. The van der Waals surface area contributed by atoms with E-state index >= 15 is 0 Å². The molecule has 0 aliphatic carbocycles. The van der Waals surface area contributed by atoms with Gasteiger partial charge in [-0.1, -0.05) is 0 Å². The van der Waals surface area contributed by atoms with Crippen molar-refractivity contribution >= 4 is 0 Å². The summed E-state index contributed by atoms with van der Waals surface area (Å²) in [5.74, 6) is 0. The van der Waals surface area contributed by atoms with E-state index in [1.54, 1.807) is 0 Å². The van der Waals surface area contributed by atoms with Crippen LogP contribution in [0, 0.1) is 0 Å². The fraction of sp³-hybridized carbons (Fsp3) is 1.00. The molecule has 0 rings (SSSR count). The van der Waals surface area contributed by atoms with Crippen molar-refractivity contribution < 1.29 is 10.2 Å². The van der Waals surface area contributed by atoms with E-state index in [9.17, 15) is 0 Å². The molecule has 0 saturated carbocycles. The van der Waals surface area contributed by atoms with Crippen LogP contribution in [-0.2, 0) is 0 Å². The third kappa shape index (κ3) is 13.9. The molecule has 116 valence electrons. The quantitative estimate of drug-likeness (QED) is 0.177. The zero-order chi connectivity index (χ0) is 14.2. The van der Waals surface area contributed by atoms with Crippen molar-refractivity contribution in [3.8, 4) is 0 Å². The van der Waals surface area contributed by atoms with Crippen LogP contribution in [-0.4, -0.2) is 93.8 Å². The Labute approximate surface area is 116 Å². The highest BCUT2D eigenvalue weighted by molar-refractivity contribution is 4.60. The van der Waals surface area contributed by atoms with Gasteiger partial charge in [0.15, 0.2) is 0 Å². The Morgan fingerprint density at radius 3 is 1.63 bits per heavy atom. The van der Waals surface area contributed by atoms with Gasteiger partial charge in [0, 0.05) is 65.4 Å². The van der Waals surface area contributed by atoms with Gasteiger partial charge < -0.3 is 31.9 Å². The van der Waals surface area contributed by atoms with Crippen LogP contribution in [0.3, 0.4) is 0 Å². The summed E-state index contributed by atoms with van der Waals surface area (Å²) in [6, 6.07) is 0. The van der Waals surface area contributed by atoms with Gasteiger partial charge in [-0.15, -0.1) is 0 Å². The molecule has 0 aliphatic rings. The number of nitrogens with one attached hydrogen (secondary N) is 3. The summed E-state index contributed by atoms with van der Waals surface area (Å²) in [5, 5.41) is 27.6. The van der Waals surface area contributed by atoms with E-state index in [0.717, 1.165) is 45.8 Å². The van der Waals surface area contributed by atoms with E-state index in [0.29, 0.717) is 19.6 Å². The third-order valence-corrected chi connectivity index (χ3v) is 2.72. The predicted octanol–water partition coefficient (Wildman–Crippen LogP) is -3.00. The zero-order valence-electron chi connectivity index (χ0n) is 11.9. The van der Waals surface area contributed by atoms with E-state index in [2.05, 4.69) is 16.0 Å². The van der Waals surface area contributed by atoms with E-state index in [-0.39, 0.29) is 13.2 Å². The minimum Gasteiger partial charge on any atom is -0.395 e. The lowest BCUT2D eigenvalue weighted by atomic mass is 10.4. The Kier molecular flexibility index (Phi) is 15.5.